The molecule has 0 aliphatic carbocycles. The van der Waals surface area contributed by atoms with Gasteiger partial charge in [0, 0.05) is 0 Å². The molecule has 3 nitrogen and oxygen atoms in total. The van der Waals surface area contributed by atoms with Gasteiger partial charge in [0.2, 0.25) is 0 Å². The predicted molar refractivity (Wildman–Crippen MR) is 60.6 cm³/mol. The van der Waals surface area contributed by atoms with Crippen LogP contribution in [0.4, 0.5) is 0 Å². The zero-order valence-electron chi connectivity index (χ0n) is 8.44. The van der Waals surface area contributed by atoms with Gasteiger partial charge in [0.05, 0.1) is 0 Å². The summed E-state index contributed by atoms with van der Waals surface area (Å²) in [5.41, 5.74) is 1.06. The molecule has 0 N–H and O–H groups in total. The van der Waals surface area contributed by atoms with Crippen molar-refractivity contribution in [1.82, 2.24) is 10.2 Å². The maximum absolute atomic E-state index is 5.15. The van der Waals surface area contributed by atoms with E-state index in [0.717, 1.165) is 5.56 Å². The number of nitrogens with zero attached hydrogens (tertiary/aromatic N) is 2. The Balaban J connectivity index is 2.36. The monoisotopic (exact) mass is 316 g/mol. The van der Waals surface area contributed by atoms with E-state index in [1.807, 2.05) is 11.3 Å². The van der Waals surface area contributed by atoms with Gasteiger partial charge >= 0.3 is 91.3 Å². The molecule has 2 aromatic rings. The molecule has 0 fully saturated rings. The standard InChI is InChI=1S/C6H3N2OS.3CH3.Sn/c1-2-10-3-5(1)6-8-7-4-9-6;;;;/h1,3-4H;3*1H3;. The molecular weight excluding hydrogens is 303 g/mol. The molecule has 0 atom stereocenters. The van der Waals surface area contributed by atoms with Crippen LogP contribution in [0, 0.1) is 0 Å². The fourth-order valence-corrected chi connectivity index (χ4v) is 7.32. The predicted octanol–water partition coefficient (Wildman–Crippen LogP) is 2.34. The normalized spacial score (nSPS) is 11.9. The number of thiophene rings is 1. The zero-order valence-corrected chi connectivity index (χ0v) is 12.1. The van der Waals surface area contributed by atoms with E-state index in [1.54, 1.807) is 0 Å². The van der Waals surface area contributed by atoms with Crippen LogP contribution in [-0.2, 0) is 0 Å². The van der Waals surface area contributed by atoms with Crippen LogP contribution in [0.15, 0.2) is 22.3 Å². The van der Waals surface area contributed by atoms with Crippen molar-refractivity contribution in [2.24, 2.45) is 0 Å². The van der Waals surface area contributed by atoms with Gasteiger partial charge in [-0.2, -0.15) is 0 Å². The molecule has 14 heavy (non-hydrogen) atoms. The zero-order chi connectivity index (χ0) is 10.2. The Morgan fingerprint density at radius 3 is 2.64 bits per heavy atom. The first-order valence-electron chi connectivity index (χ1n) is 4.43. The van der Waals surface area contributed by atoms with Gasteiger partial charge in [0.1, 0.15) is 0 Å². The van der Waals surface area contributed by atoms with E-state index in [0.29, 0.717) is 5.89 Å². The van der Waals surface area contributed by atoms with Gasteiger partial charge in [0.25, 0.3) is 0 Å². The minimum absolute atomic E-state index is 0.628. The van der Waals surface area contributed by atoms with Crippen LogP contribution in [0.5, 0.6) is 0 Å². The first-order valence-corrected chi connectivity index (χ1v) is 15.3. The van der Waals surface area contributed by atoms with E-state index in [1.165, 1.54) is 9.29 Å². The molecule has 0 aliphatic heterocycles. The molecule has 0 aliphatic rings. The van der Waals surface area contributed by atoms with Crippen molar-refractivity contribution in [3.8, 4) is 11.5 Å². The molecule has 0 amide bonds. The van der Waals surface area contributed by atoms with Crippen LogP contribution in [0.2, 0.25) is 14.8 Å². The SMILES string of the molecule is [CH3][Sn]([CH3])([CH3])[c]1cc(-c2nnco2)cs1. The molecule has 0 saturated carbocycles. The number of rotatable bonds is 2. The summed E-state index contributed by atoms with van der Waals surface area (Å²) >= 11 is -0.0825. The number of hydrogen-bond acceptors (Lipinski definition) is 4. The van der Waals surface area contributed by atoms with Crippen LogP contribution >= 0.6 is 11.3 Å². The average molecular weight is 315 g/mol. The Bertz CT molecular complexity index is 416. The summed E-state index contributed by atoms with van der Waals surface area (Å²) in [4.78, 5) is 7.20. The second-order valence-corrected chi connectivity index (χ2v) is 20.5. The first kappa shape index (κ1) is 10.2. The van der Waals surface area contributed by atoms with Crippen molar-refractivity contribution in [3.63, 3.8) is 0 Å². The molecule has 2 rings (SSSR count). The Morgan fingerprint density at radius 1 is 1.36 bits per heavy atom. The molecule has 0 aromatic carbocycles. The third-order valence-corrected chi connectivity index (χ3v) is 12.4. The van der Waals surface area contributed by atoms with Crippen LogP contribution in [-0.4, -0.2) is 28.6 Å². The molecule has 2 heterocycles. The second kappa shape index (κ2) is 3.66. The Hall–Kier alpha value is -0.361. The Kier molecular flexibility index (Phi) is 2.66. The molecule has 2 aromatic heterocycles. The Labute approximate surface area is 91.0 Å². The van der Waals surface area contributed by atoms with E-state index in [2.05, 4.69) is 36.5 Å². The number of hydrogen-bond donors (Lipinski definition) is 0. The summed E-state index contributed by atoms with van der Waals surface area (Å²) in [7, 11) is 0. The Morgan fingerprint density at radius 2 is 2.14 bits per heavy atom. The fourth-order valence-electron chi connectivity index (χ4n) is 1.14. The van der Waals surface area contributed by atoms with Crippen molar-refractivity contribution in [2.45, 2.75) is 14.8 Å². The van der Waals surface area contributed by atoms with Crippen molar-refractivity contribution < 1.29 is 4.42 Å². The van der Waals surface area contributed by atoms with Crippen LogP contribution < -0.4 is 2.89 Å². The van der Waals surface area contributed by atoms with Gasteiger partial charge in [-0.3, -0.25) is 0 Å². The van der Waals surface area contributed by atoms with Gasteiger partial charge < -0.3 is 0 Å². The van der Waals surface area contributed by atoms with E-state index in [9.17, 15) is 0 Å². The second-order valence-electron chi connectivity index (χ2n) is 4.19. The van der Waals surface area contributed by atoms with Gasteiger partial charge in [0.15, 0.2) is 0 Å². The van der Waals surface area contributed by atoms with Crippen molar-refractivity contribution in [2.75, 3.05) is 0 Å². The molecular formula is C9H12N2OSSn. The summed E-state index contributed by atoms with van der Waals surface area (Å²) in [5, 5.41) is 9.67. The van der Waals surface area contributed by atoms with Crippen LogP contribution in [0.3, 0.4) is 0 Å². The summed E-state index contributed by atoms with van der Waals surface area (Å²) in [6.07, 6.45) is 1.37. The van der Waals surface area contributed by atoms with Gasteiger partial charge in [-0.1, -0.05) is 0 Å². The third kappa shape index (κ3) is 2.00. The topological polar surface area (TPSA) is 38.9 Å². The summed E-state index contributed by atoms with van der Waals surface area (Å²) < 4.78 is 6.69. The molecule has 0 radical (unpaired) electrons. The summed E-state index contributed by atoms with van der Waals surface area (Å²) in [5.74, 6) is 0.628. The molecule has 0 spiro atoms. The van der Waals surface area contributed by atoms with Crippen LogP contribution in [0.1, 0.15) is 0 Å². The maximum atomic E-state index is 5.15. The summed E-state index contributed by atoms with van der Waals surface area (Å²) in [6, 6.07) is 2.20. The number of aromatic nitrogens is 2. The molecule has 0 bridgehead atoms. The van der Waals surface area contributed by atoms with E-state index in [4.69, 9.17) is 4.42 Å². The van der Waals surface area contributed by atoms with Crippen molar-refractivity contribution in [1.29, 1.82) is 0 Å². The molecule has 5 heteroatoms. The fraction of sp³-hybridized carbons (Fsp3) is 0.333. The van der Waals surface area contributed by atoms with E-state index in [-0.39, 0.29) is 0 Å². The van der Waals surface area contributed by atoms with Gasteiger partial charge in [-0.15, -0.1) is 0 Å². The van der Waals surface area contributed by atoms with Crippen molar-refractivity contribution >= 4 is 32.6 Å². The molecule has 74 valence electrons. The average Bonchev–Trinajstić information content (AvgIpc) is 2.73. The van der Waals surface area contributed by atoms with Gasteiger partial charge in [-0.25, -0.2) is 0 Å². The minimum atomic E-state index is -1.90. The van der Waals surface area contributed by atoms with E-state index < -0.39 is 18.4 Å². The van der Waals surface area contributed by atoms with E-state index >= 15 is 0 Å². The first-order chi connectivity index (χ1) is 6.57. The third-order valence-electron chi connectivity index (χ3n) is 1.95. The molecule has 0 unspecified atom stereocenters. The molecule has 0 saturated heterocycles. The van der Waals surface area contributed by atoms with Crippen LogP contribution in [0.25, 0.3) is 11.5 Å². The summed E-state index contributed by atoms with van der Waals surface area (Å²) in [6.45, 7) is 0. The van der Waals surface area contributed by atoms with Crippen molar-refractivity contribution in [3.05, 3.63) is 17.8 Å². The quantitative estimate of drug-likeness (QED) is 0.799. The van der Waals surface area contributed by atoms with Gasteiger partial charge in [-0.05, 0) is 0 Å².